The summed E-state index contributed by atoms with van der Waals surface area (Å²) in [5.41, 5.74) is 0.588. The lowest BCUT2D eigenvalue weighted by molar-refractivity contribution is 0.225. The molecule has 0 aromatic heterocycles. The molecule has 1 N–H and O–H groups in total. The molecule has 0 bridgehead atoms. The summed E-state index contributed by atoms with van der Waals surface area (Å²) in [6.45, 7) is 5.14. The van der Waals surface area contributed by atoms with E-state index in [4.69, 9.17) is 11.6 Å². The van der Waals surface area contributed by atoms with Gasteiger partial charge < -0.3 is 5.32 Å². The molecule has 1 nitrogen and oxygen atoms in total. The van der Waals surface area contributed by atoms with Gasteiger partial charge in [0.2, 0.25) is 0 Å². The number of halogens is 2. The summed E-state index contributed by atoms with van der Waals surface area (Å²) in [6, 6.07) is 5.35. The van der Waals surface area contributed by atoms with E-state index in [0.29, 0.717) is 23.2 Å². The van der Waals surface area contributed by atoms with E-state index >= 15 is 0 Å². The Labute approximate surface area is 114 Å². The molecule has 0 aliphatic heterocycles. The molecular weight excluding hydrogens is 249 g/mol. The molecule has 0 saturated heterocycles. The van der Waals surface area contributed by atoms with Crippen molar-refractivity contribution in [2.24, 2.45) is 11.8 Å². The van der Waals surface area contributed by atoms with Crippen LogP contribution in [0.25, 0.3) is 0 Å². The highest BCUT2D eigenvalue weighted by Gasteiger charge is 2.24. The highest BCUT2D eigenvalue weighted by Crippen LogP contribution is 2.29. The van der Waals surface area contributed by atoms with Crippen LogP contribution >= 0.6 is 11.6 Å². The van der Waals surface area contributed by atoms with E-state index in [-0.39, 0.29) is 5.82 Å². The van der Waals surface area contributed by atoms with Gasteiger partial charge in [-0.2, -0.15) is 0 Å². The highest BCUT2D eigenvalue weighted by atomic mass is 35.5. The summed E-state index contributed by atoms with van der Waals surface area (Å²) >= 11 is 6.02. The van der Waals surface area contributed by atoms with Gasteiger partial charge in [-0.3, -0.25) is 0 Å². The smallest absolute Gasteiger partial charge is 0.129 e. The number of rotatable bonds is 3. The third kappa shape index (κ3) is 3.24. The molecule has 1 saturated carbocycles. The summed E-state index contributed by atoms with van der Waals surface area (Å²) in [5.74, 6) is 1.33. The van der Waals surface area contributed by atoms with Crippen molar-refractivity contribution in [3.63, 3.8) is 0 Å². The first kappa shape index (κ1) is 13.8. The van der Waals surface area contributed by atoms with E-state index in [1.54, 1.807) is 12.1 Å². The number of hydrogen-bond acceptors (Lipinski definition) is 1. The first-order valence-corrected chi connectivity index (χ1v) is 7.12. The van der Waals surface area contributed by atoms with Crippen molar-refractivity contribution in [3.8, 4) is 0 Å². The minimum Gasteiger partial charge on any atom is -0.310 e. The zero-order chi connectivity index (χ0) is 13.1. The van der Waals surface area contributed by atoms with Crippen molar-refractivity contribution in [1.82, 2.24) is 5.32 Å². The first-order chi connectivity index (χ1) is 8.58. The van der Waals surface area contributed by atoms with Crippen LogP contribution in [0, 0.1) is 17.7 Å². The Hall–Kier alpha value is -0.600. The third-order valence-electron chi connectivity index (χ3n) is 4.23. The van der Waals surface area contributed by atoms with Crippen LogP contribution in [0.4, 0.5) is 4.39 Å². The lowest BCUT2D eigenvalue weighted by Gasteiger charge is -2.32. The Morgan fingerprint density at radius 3 is 2.72 bits per heavy atom. The monoisotopic (exact) mass is 269 g/mol. The van der Waals surface area contributed by atoms with Crippen molar-refractivity contribution in [2.45, 2.75) is 45.7 Å². The molecule has 2 rings (SSSR count). The summed E-state index contributed by atoms with van der Waals surface area (Å²) in [4.78, 5) is 0. The first-order valence-electron chi connectivity index (χ1n) is 6.74. The Kier molecular flexibility index (Phi) is 4.63. The van der Waals surface area contributed by atoms with Gasteiger partial charge in [0.1, 0.15) is 5.82 Å². The van der Waals surface area contributed by atoms with Crippen LogP contribution in [-0.2, 0) is 6.54 Å². The minimum atomic E-state index is -0.216. The van der Waals surface area contributed by atoms with E-state index in [1.807, 2.05) is 0 Å². The summed E-state index contributed by atoms with van der Waals surface area (Å²) in [6.07, 6.45) is 3.61. The molecule has 1 aromatic carbocycles. The van der Waals surface area contributed by atoms with Gasteiger partial charge in [-0.25, -0.2) is 4.39 Å². The summed E-state index contributed by atoms with van der Waals surface area (Å²) in [7, 11) is 0. The van der Waals surface area contributed by atoms with Crippen LogP contribution < -0.4 is 5.32 Å². The van der Waals surface area contributed by atoms with E-state index in [9.17, 15) is 4.39 Å². The maximum absolute atomic E-state index is 13.6. The van der Waals surface area contributed by atoms with Crippen molar-refractivity contribution < 1.29 is 4.39 Å². The molecule has 1 aromatic rings. The number of hydrogen-bond donors (Lipinski definition) is 1. The molecule has 1 fully saturated rings. The standard InChI is InChI=1S/C15H21ClFN/c1-10-6-7-12(8-11(10)2)18-9-13-14(16)4-3-5-15(13)17/h3-5,10-12,18H,6-9H2,1-2H3. The van der Waals surface area contributed by atoms with Gasteiger partial charge in [0.05, 0.1) is 0 Å². The van der Waals surface area contributed by atoms with E-state index in [0.717, 1.165) is 11.8 Å². The summed E-state index contributed by atoms with van der Waals surface area (Å²) in [5, 5.41) is 3.96. The Morgan fingerprint density at radius 1 is 1.28 bits per heavy atom. The van der Waals surface area contributed by atoms with Crippen molar-refractivity contribution in [2.75, 3.05) is 0 Å². The van der Waals surface area contributed by atoms with Gasteiger partial charge in [-0.05, 0) is 43.2 Å². The highest BCUT2D eigenvalue weighted by molar-refractivity contribution is 6.31. The molecule has 0 spiro atoms. The van der Waals surface area contributed by atoms with Crippen LogP contribution in [0.1, 0.15) is 38.7 Å². The lowest BCUT2D eigenvalue weighted by Crippen LogP contribution is -2.36. The van der Waals surface area contributed by atoms with E-state index < -0.39 is 0 Å². The predicted molar refractivity (Wildman–Crippen MR) is 74.2 cm³/mol. The molecular formula is C15H21ClFN. The molecule has 100 valence electrons. The van der Waals surface area contributed by atoms with Crippen LogP contribution in [0.2, 0.25) is 5.02 Å². The van der Waals surface area contributed by atoms with Gasteiger partial charge >= 0.3 is 0 Å². The molecule has 3 heteroatoms. The molecule has 0 radical (unpaired) electrons. The number of nitrogens with one attached hydrogen (secondary N) is 1. The SMILES string of the molecule is CC1CCC(NCc2c(F)cccc2Cl)CC1C. The minimum absolute atomic E-state index is 0.216. The molecule has 3 atom stereocenters. The second-order valence-corrected chi connectivity index (χ2v) is 5.95. The molecule has 0 amide bonds. The molecule has 1 aliphatic carbocycles. The Morgan fingerprint density at radius 2 is 2.06 bits per heavy atom. The molecule has 1 aliphatic rings. The zero-order valence-corrected chi connectivity index (χ0v) is 11.8. The predicted octanol–water partition coefficient (Wildman–Crippen LogP) is 4.39. The Bertz CT molecular complexity index is 387. The lowest BCUT2D eigenvalue weighted by atomic mass is 9.79. The average molecular weight is 270 g/mol. The van der Waals surface area contributed by atoms with Crippen molar-refractivity contribution >= 4 is 11.6 Å². The maximum atomic E-state index is 13.6. The van der Waals surface area contributed by atoms with Gasteiger partial charge in [-0.1, -0.05) is 31.5 Å². The van der Waals surface area contributed by atoms with Crippen LogP contribution in [0.15, 0.2) is 18.2 Å². The molecule has 0 heterocycles. The second kappa shape index (κ2) is 6.03. The topological polar surface area (TPSA) is 12.0 Å². The van der Waals surface area contributed by atoms with Gasteiger partial charge in [-0.15, -0.1) is 0 Å². The fourth-order valence-electron chi connectivity index (χ4n) is 2.68. The Balaban J connectivity index is 1.92. The quantitative estimate of drug-likeness (QED) is 0.858. The largest absolute Gasteiger partial charge is 0.310 e. The van der Waals surface area contributed by atoms with Crippen LogP contribution in [0.5, 0.6) is 0 Å². The van der Waals surface area contributed by atoms with E-state index in [1.165, 1.54) is 25.3 Å². The van der Waals surface area contributed by atoms with Crippen LogP contribution in [0.3, 0.4) is 0 Å². The second-order valence-electron chi connectivity index (χ2n) is 5.55. The van der Waals surface area contributed by atoms with Crippen LogP contribution in [-0.4, -0.2) is 6.04 Å². The third-order valence-corrected chi connectivity index (χ3v) is 4.58. The fraction of sp³-hybridized carbons (Fsp3) is 0.600. The zero-order valence-electron chi connectivity index (χ0n) is 11.0. The van der Waals surface area contributed by atoms with Crippen molar-refractivity contribution in [3.05, 3.63) is 34.6 Å². The fourth-order valence-corrected chi connectivity index (χ4v) is 2.91. The van der Waals surface area contributed by atoms with Crippen molar-refractivity contribution in [1.29, 1.82) is 0 Å². The maximum Gasteiger partial charge on any atom is 0.129 e. The molecule has 18 heavy (non-hydrogen) atoms. The molecule has 3 unspecified atom stereocenters. The van der Waals surface area contributed by atoms with Gasteiger partial charge in [0.15, 0.2) is 0 Å². The average Bonchev–Trinajstić information content (AvgIpc) is 2.33. The summed E-state index contributed by atoms with van der Waals surface area (Å²) < 4.78 is 13.6. The van der Waals surface area contributed by atoms with E-state index in [2.05, 4.69) is 19.2 Å². The normalized spacial score (nSPS) is 28.3. The number of benzene rings is 1. The van der Waals surface area contributed by atoms with Gasteiger partial charge in [0.25, 0.3) is 0 Å². The van der Waals surface area contributed by atoms with Gasteiger partial charge in [0, 0.05) is 23.2 Å².